The summed E-state index contributed by atoms with van der Waals surface area (Å²) in [6.07, 6.45) is 4.77. The number of esters is 1. The highest BCUT2D eigenvalue weighted by Gasteiger charge is 2.38. The van der Waals surface area contributed by atoms with E-state index in [1.54, 1.807) is 31.2 Å². The molecule has 0 fully saturated rings. The van der Waals surface area contributed by atoms with Gasteiger partial charge in [-0.2, -0.15) is 0 Å². The molecule has 0 saturated carbocycles. The first kappa shape index (κ1) is 15.0. The van der Waals surface area contributed by atoms with Crippen molar-refractivity contribution in [1.29, 1.82) is 0 Å². The molecule has 23 heavy (non-hydrogen) atoms. The quantitative estimate of drug-likeness (QED) is 0.283. The SMILES string of the molecule is C=C(C)C(=O)Oc1ccc(N2C(=O)C3=C(CC=CC3)C2=O)cc1. The maximum absolute atomic E-state index is 12.4. The van der Waals surface area contributed by atoms with Crippen molar-refractivity contribution in [2.24, 2.45) is 0 Å². The molecule has 1 aromatic carbocycles. The molecule has 0 unspecified atom stereocenters. The lowest BCUT2D eigenvalue weighted by Gasteiger charge is -2.15. The second kappa shape index (κ2) is 5.68. The predicted molar refractivity (Wildman–Crippen MR) is 84.8 cm³/mol. The molecule has 0 bridgehead atoms. The van der Waals surface area contributed by atoms with Crippen LogP contribution in [-0.4, -0.2) is 17.8 Å². The Hall–Kier alpha value is -2.95. The van der Waals surface area contributed by atoms with Gasteiger partial charge in [-0.05, 0) is 44.0 Å². The van der Waals surface area contributed by atoms with Crippen LogP contribution in [0.4, 0.5) is 5.69 Å². The van der Waals surface area contributed by atoms with Crippen LogP contribution in [0.5, 0.6) is 5.75 Å². The van der Waals surface area contributed by atoms with Gasteiger partial charge in [0, 0.05) is 16.7 Å². The number of amides is 2. The summed E-state index contributed by atoms with van der Waals surface area (Å²) in [6.45, 7) is 5.07. The number of allylic oxidation sites excluding steroid dienone is 2. The van der Waals surface area contributed by atoms with E-state index < -0.39 is 5.97 Å². The Labute approximate surface area is 133 Å². The number of benzene rings is 1. The minimum absolute atomic E-state index is 0.277. The van der Waals surface area contributed by atoms with Gasteiger partial charge in [-0.25, -0.2) is 9.69 Å². The molecule has 5 heteroatoms. The minimum atomic E-state index is -0.519. The lowest BCUT2D eigenvalue weighted by atomic mass is 9.99. The number of carbonyl (C=O) groups excluding carboxylic acids is 3. The Morgan fingerprint density at radius 2 is 1.57 bits per heavy atom. The van der Waals surface area contributed by atoms with Crippen LogP contribution in [0.25, 0.3) is 0 Å². The molecule has 2 aliphatic rings. The fourth-order valence-corrected chi connectivity index (χ4v) is 2.54. The number of hydrogen-bond acceptors (Lipinski definition) is 4. The highest BCUT2D eigenvalue weighted by Crippen LogP contribution is 2.33. The highest BCUT2D eigenvalue weighted by atomic mass is 16.5. The molecular formula is C18H15NO4. The van der Waals surface area contributed by atoms with Crippen LogP contribution in [0, 0.1) is 0 Å². The molecule has 0 aromatic heterocycles. The van der Waals surface area contributed by atoms with Crippen molar-refractivity contribution in [3.8, 4) is 5.75 Å². The standard InChI is InChI=1S/C18H15NO4/c1-11(2)18(22)23-13-9-7-12(8-10-13)19-16(20)14-5-3-4-6-15(14)17(19)21/h3-4,7-10H,1,5-6H2,2H3. The van der Waals surface area contributed by atoms with Crippen LogP contribution in [0.3, 0.4) is 0 Å². The number of anilines is 1. The molecule has 0 saturated heterocycles. The molecule has 0 atom stereocenters. The number of hydrogen-bond donors (Lipinski definition) is 0. The monoisotopic (exact) mass is 309 g/mol. The van der Waals surface area contributed by atoms with Gasteiger partial charge in [0.1, 0.15) is 5.75 Å². The van der Waals surface area contributed by atoms with E-state index in [2.05, 4.69) is 6.58 Å². The number of carbonyl (C=O) groups is 3. The van der Waals surface area contributed by atoms with E-state index in [4.69, 9.17) is 4.74 Å². The van der Waals surface area contributed by atoms with Gasteiger partial charge in [-0.15, -0.1) is 0 Å². The van der Waals surface area contributed by atoms with Crippen LogP contribution in [-0.2, 0) is 14.4 Å². The largest absolute Gasteiger partial charge is 0.423 e. The van der Waals surface area contributed by atoms with Gasteiger partial charge >= 0.3 is 5.97 Å². The van der Waals surface area contributed by atoms with Crippen molar-refractivity contribution in [2.45, 2.75) is 19.8 Å². The zero-order valence-corrected chi connectivity index (χ0v) is 12.7. The van der Waals surface area contributed by atoms with Crippen LogP contribution in [0.15, 0.2) is 59.7 Å². The number of nitrogens with zero attached hydrogens (tertiary/aromatic N) is 1. The van der Waals surface area contributed by atoms with E-state index in [-0.39, 0.29) is 11.8 Å². The van der Waals surface area contributed by atoms with E-state index >= 15 is 0 Å². The Morgan fingerprint density at radius 3 is 2.04 bits per heavy atom. The lowest BCUT2D eigenvalue weighted by Crippen LogP contribution is -2.31. The van der Waals surface area contributed by atoms with Crippen LogP contribution >= 0.6 is 0 Å². The zero-order valence-electron chi connectivity index (χ0n) is 12.7. The Morgan fingerprint density at radius 1 is 1.04 bits per heavy atom. The molecule has 1 aliphatic carbocycles. The summed E-state index contributed by atoms with van der Waals surface area (Å²) in [7, 11) is 0. The average Bonchev–Trinajstić information content (AvgIpc) is 2.80. The Bertz CT molecular complexity index is 754. The summed E-state index contributed by atoms with van der Waals surface area (Å²) in [5, 5.41) is 0. The fourth-order valence-electron chi connectivity index (χ4n) is 2.54. The first-order chi connectivity index (χ1) is 11.0. The van der Waals surface area contributed by atoms with E-state index in [0.717, 1.165) is 0 Å². The minimum Gasteiger partial charge on any atom is -0.423 e. The van der Waals surface area contributed by atoms with Gasteiger partial charge in [0.25, 0.3) is 11.8 Å². The highest BCUT2D eigenvalue weighted by molar-refractivity contribution is 6.33. The number of imide groups is 1. The van der Waals surface area contributed by atoms with E-state index in [1.807, 2.05) is 12.2 Å². The second-order valence-electron chi connectivity index (χ2n) is 5.45. The van der Waals surface area contributed by atoms with Gasteiger partial charge in [0.15, 0.2) is 0 Å². The average molecular weight is 309 g/mol. The summed E-state index contributed by atoms with van der Waals surface area (Å²) in [5.41, 5.74) is 1.89. The molecule has 0 radical (unpaired) electrons. The zero-order chi connectivity index (χ0) is 16.6. The Kier molecular flexibility index (Phi) is 3.70. The van der Waals surface area contributed by atoms with Gasteiger partial charge in [-0.3, -0.25) is 9.59 Å². The van der Waals surface area contributed by atoms with E-state index in [9.17, 15) is 14.4 Å². The predicted octanol–water partition coefficient (Wildman–Crippen LogP) is 2.69. The molecule has 1 aromatic rings. The van der Waals surface area contributed by atoms with Crippen LogP contribution < -0.4 is 9.64 Å². The third-order valence-electron chi connectivity index (χ3n) is 3.75. The topological polar surface area (TPSA) is 63.7 Å². The van der Waals surface area contributed by atoms with Crippen molar-refractivity contribution in [1.82, 2.24) is 0 Å². The van der Waals surface area contributed by atoms with Gasteiger partial charge in [0.2, 0.25) is 0 Å². The van der Waals surface area contributed by atoms with Crippen LogP contribution in [0.2, 0.25) is 0 Å². The fraction of sp³-hybridized carbons (Fsp3) is 0.167. The van der Waals surface area contributed by atoms with Gasteiger partial charge < -0.3 is 4.74 Å². The lowest BCUT2D eigenvalue weighted by molar-refractivity contribution is -0.130. The molecule has 3 rings (SSSR count). The van der Waals surface area contributed by atoms with Crippen molar-refractivity contribution in [3.63, 3.8) is 0 Å². The normalized spacial score (nSPS) is 16.7. The summed E-state index contributed by atoms with van der Waals surface area (Å²) < 4.78 is 5.09. The van der Waals surface area contributed by atoms with E-state index in [0.29, 0.717) is 41.0 Å². The van der Waals surface area contributed by atoms with Gasteiger partial charge in [-0.1, -0.05) is 18.7 Å². The smallest absolute Gasteiger partial charge is 0.338 e. The third kappa shape index (κ3) is 2.61. The molecular weight excluding hydrogens is 294 g/mol. The van der Waals surface area contributed by atoms with Crippen molar-refractivity contribution < 1.29 is 19.1 Å². The first-order valence-corrected chi connectivity index (χ1v) is 7.22. The van der Waals surface area contributed by atoms with Gasteiger partial charge in [0.05, 0.1) is 5.69 Å². The maximum Gasteiger partial charge on any atom is 0.338 e. The molecule has 116 valence electrons. The molecule has 0 N–H and O–H groups in total. The third-order valence-corrected chi connectivity index (χ3v) is 3.75. The number of ether oxygens (including phenoxy) is 1. The summed E-state index contributed by atoms with van der Waals surface area (Å²) in [5.74, 6) is -0.739. The molecule has 5 nitrogen and oxygen atoms in total. The number of rotatable bonds is 3. The molecule has 1 heterocycles. The van der Waals surface area contributed by atoms with Crippen LogP contribution in [0.1, 0.15) is 19.8 Å². The maximum atomic E-state index is 12.4. The van der Waals surface area contributed by atoms with Crippen molar-refractivity contribution in [2.75, 3.05) is 4.90 Å². The Balaban J connectivity index is 1.81. The second-order valence-corrected chi connectivity index (χ2v) is 5.45. The first-order valence-electron chi connectivity index (χ1n) is 7.22. The summed E-state index contributed by atoms with van der Waals surface area (Å²) in [4.78, 5) is 37.5. The summed E-state index contributed by atoms with van der Waals surface area (Å²) >= 11 is 0. The van der Waals surface area contributed by atoms with Crippen molar-refractivity contribution in [3.05, 3.63) is 59.7 Å². The molecule has 1 aliphatic heterocycles. The van der Waals surface area contributed by atoms with Crippen molar-refractivity contribution >= 4 is 23.5 Å². The molecule has 2 amide bonds. The molecule has 0 spiro atoms. The van der Waals surface area contributed by atoms with E-state index in [1.165, 1.54) is 4.90 Å². The summed E-state index contributed by atoms with van der Waals surface area (Å²) in [6, 6.07) is 6.27.